The molecule has 1 amide bonds. The highest BCUT2D eigenvalue weighted by Crippen LogP contribution is 2.13. The topological polar surface area (TPSA) is 62.5 Å². The highest BCUT2D eigenvalue weighted by molar-refractivity contribution is 7.09. The number of carbonyl (C=O) groups is 1. The number of aryl methyl sites for hydroxylation is 1. The van der Waals surface area contributed by atoms with Gasteiger partial charge in [0.15, 0.2) is 0 Å². The zero-order valence-electron chi connectivity index (χ0n) is 10.5. The summed E-state index contributed by atoms with van der Waals surface area (Å²) in [6.07, 6.45) is 2.94. The maximum atomic E-state index is 11.6. The molecule has 0 aliphatic carbocycles. The van der Waals surface area contributed by atoms with Gasteiger partial charge in [-0.2, -0.15) is 0 Å². The second-order valence-electron chi connectivity index (χ2n) is 4.27. The average molecular weight is 279 g/mol. The third kappa shape index (κ3) is 4.54. The SMILES string of the molecule is O=C(CCCc1cccs1)NCC(O)c1ccco1. The zero-order valence-corrected chi connectivity index (χ0v) is 11.4. The van der Waals surface area contributed by atoms with E-state index in [4.69, 9.17) is 4.42 Å². The average Bonchev–Trinajstić information content (AvgIpc) is 3.08. The van der Waals surface area contributed by atoms with Crippen LogP contribution in [0.25, 0.3) is 0 Å². The molecule has 1 atom stereocenters. The second-order valence-corrected chi connectivity index (χ2v) is 5.30. The summed E-state index contributed by atoms with van der Waals surface area (Å²) in [5.74, 6) is 0.432. The lowest BCUT2D eigenvalue weighted by atomic mass is 10.2. The van der Waals surface area contributed by atoms with Crippen molar-refractivity contribution in [1.82, 2.24) is 5.32 Å². The molecule has 0 spiro atoms. The molecule has 0 aliphatic heterocycles. The van der Waals surface area contributed by atoms with E-state index in [-0.39, 0.29) is 12.5 Å². The smallest absolute Gasteiger partial charge is 0.220 e. The van der Waals surface area contributed by atoms with Crippen LogP contribution >= 0.6 is 11.3 Å². The molecule has 2 aromatic rings. The number of furan rings is 1. The van der Waals surface area contributed by atoms with Crippen LogP contribution in [-0.4, -0.2) is 17.6 Å². The van der Waals surface area contributed by atoms with Crippen LogP contribution in [0.5, 0.6) is 0 Å². The van der Waals surface area contributed by atoms with Gasteiger partial charge >= 0.3 is 0 Å². The predicted octanol–water partition coefficient (Wildman–Crippen LogP) is 2.51. The maximum Gasteiger partial charge on any atom is 0.220 e. The quantitative estimate of drug-likeness (QED) is 0.818. The van der Waals surface area contributed by atoms with Gasteiger partial charge in [-0.15, -0.1) is 11.3 Å². The first-order chi connectivity index (χ1) is 9.25. The molecule has 5 heteroatoms. The molecule has 0 saturated heterocycles. The number of hydrogen-bond donors (Lipinski definition) is 2. The van der Waals surface area contributed by atoms with Crippen molar-refractivity contribution in [1.29, 1.82) is 0 Å². The van der Waals surface area contributed by atoms with E-state index in [9.17, 15) is 9.90 Å². The van der Waals surface area contributed by atoms with Crippen LogP contribution in [0.1, 0.15) is 29.6 Å². The number of thiophene rings is 1. The van der Waals surface area contributed by atoms with Crippen molar-refractivity contribution in [2.45, 2.75) is 25.4 Å². The Balaban J connectivity index is 1.62. The van der Waals surface area contributed by atoms with Crippen molar-refractivity contribution in [2.24, 2.45) is 0 Å². The lowest BCUT2D eigenvalue weighted by Crippen LogP contribution is -2.28. The van der Waals surface area contributed by atoms with Gasteiger partial charge in [-0.1, -0.05) is 6.07 Å². The Bertz CT molecular complexity index is 479. The van der Waals surface area contributed by atoms with Crippen LogP contribution < -0.4 is 5.32 Å². The summed E-state index contributed by atoms with van der Waals surface area (Å²) >= 11 is 1.71. The van der Waals surface area contributed by atoms with Gasteiger partial charge in [-0.05, 0) is 36.4 Å². The normalized spacial score (nSPS) is 12.3. The van der Waals surface area contributed by atoms with Crippen LogP contribution in [0.15, 0.2) is 40.3 Å². The van der Waals surface area contributed by atoms with E-state index in [1.165, 1.54) is 11.1 Å². The highest BCUT2D eigenvalue weighted by atomic mass is 32.1. The van der Waals surface area contributed by atoms with Crippen LogP contribution in [0.4, 0.5) is 0 Å². The van der Waals surface area contributed by atoms with Crippen LogP contribution in [0.2, 0.25) is 0 Å². The molecule has 1 unspecified atom stereocenters. The van der Waals surface area contributed by atoms with Gasteiger partial charge in [0.2, 0.25) is 5.91 Å². The van der Waals surface area contributed by atoms with Gasteiger partial charge in [0, 0.05) is 11.3 Å². The third-order valence-corrected chi connectivity index (χ3v) is 3.71. The Labute approximate surface area is 116 Å². The Morgan fingerprint density at radius 2 is 2.32 bits per heavy atom. The van der Waals surface area contributed by atoms with Gasteiger partial charge in [-0.25, -0.2) is 0 Å². The molecule has 2 rings (SSSR count). The number of carbonyl (C=O) groups excluding carboxylic acids is 1. The van der Waals surface area contributed by atoms with E-state index in [2.05, 4.69) is 11.4 Å². The fourth-order valence-electron chi connectivity index (χ4n) is 1.76. The van der Waals surface area contributed by atoms with Crippen LogP contribution in [0, 0.1) is 0 Å². The van der Waals surface area contributed by atoms with Gasteiger partial charge < -0.3 is 14.8 Å². The first-order valence-electron chi connectivity index (χ1n) is 6.26. The summed E-state index contributed by atoms with van der Waals surface area (Å²) in [4.78, 5) is 12.9. The minimum Gasteiger partial charge on any atom is -0.467 e. The predicted molar refractivity (Wildman–Crippen MR) is 73.9 cm³/mol. The Kier molecular flexibility index (Phi) is 5.18. The van der Waals surface area contributed by atoms with Crippen molar-refractivity contribution < 1.29 is 14.3 Å². The molecule has 2 N–H and O–H groups in total. The van der Waals surface area contributed by atoms with Gasteiger partial charge in [-0.3, -0.25) is 4.79 Å². The van der Waals surface area contributed by atoms with Gasteiger partial charge in [0.25, 0.3) is 0 Å². The molecular formula is C14H17NO3S. The van der Waals surface area contributed by atoms with Crippen LogP contribution in [-0.2, 0) is 11.2 Å². The van der Waals surface area contributed by atoms with Crippen LogP contribution in [0.3, 0.4) is 0 Å². The Hall–Kier alpha value is -1.59. The Morgan fingerprint density at radius 3 is 3.00 bits per heavy atom. The third-order valence-electron chi connectivity index (χ3n) is 2.77. The molecular weight excluding hydrogens is 262 g/mol. The van der Waals surface area contributed by atoms with E-state index in [1.807, 2.05) is 11.4 Å². The molecule has 0 radical (unpaired) electrons. The Morgan fingerprint density at radius 1 is 1.42 bits per heavy atom. The van der Waals surface area contributed by atoms with Gasteiger partial charge in [0.05, 0.1) is 12.8 Å². The van der Waals surface area contributed by atoms with Crippen molar-refractivity contribution in [2.75, 3.05) is 6.54 Å². The lowest BCUT2D eigenvalue weighted by Gasteiger charge is -2.09. The molecule has 0 aromatic carbocycles. The lowest BCUT2D eigenvalue weighted by molar-refractivity contribution is -0.121. The van der Waals surface area contributed by atoms with E-state index in [0.29, 0.717) is 12.2 Å². The highest BCUT2D eigenvalue weighted by Gasteiger charge is 2.11. The molecule has 0 saturated carbocycles. The monoisotopic (exact) mass is 279 g/mol. The minimum absolute atomic E-state index is 0.0397. The van der Waals surface area contributed by atoms with E-state index in [0.717, 1.165) is 12.8 Å². The largest absolute Gasteiger partial charge is 0.467 e. The summed E-state index contributed by atoms with van der Waals surface area (Å²) in [5, 5.41) is 14.5. The summed E-state index contributed by atoms with van der Waals surface area (Å²) in [6.45, 7) is 0.186. The molecule has 0 bridgehead atoms. The van der Waals surface area contributed by atoms with E-state index < -0.39 is 6.10 Å². The fourth-order valence-corrected chi connectivity index (χ4v) is 2.51. The standard InChI is InChI=1S/C14H17NO3S/c16-12(13-6-2-8-18-13)10-15-14(17)7-1-4-11-5-3-9-19-11/h2-3,5-6,8-9,12,16H,1,4,7,10H2,(H,15,17). The molecule has 0 fully saturated rings. The summed E-state index contributed by atoms with van der Waals surface area (Å²) in [7, 11) is 0. The molecule has 2 heterocycles. The molecule has 2 aromatic heterocycles. The number of hydrogen-bond acceptors (Lipinski definition) is 4. The number of aliphatic hydroxyl groups is 1. The maximum absolute atomic E-state index is 11.6. The summed E-state index contributed by atoms with van der Waals surface area (Å²) in [5.41, 5.74) is 0. The first-order valence-corrected chi connectivity index (χ1v) is 7.14. The van der Waals surface area contributed by atoms with Crippen molar-refractivity contribution in [3.05, 3.63) is 46.5 Å². The summed E-state index contributed by atoms with van der Waals surface area (Å²) in [6, 6.07) is 7.48. The number of amides is 1. The summed E-state index contributed by atoms with van der Waals surface area (Å²) < 4.78 is 5.06. The number of nitrogens with one attached hydrogen (secondary N) is 1. The van der Waals surface area contributed by atoms with Crippen molar-refractivity contribution >= 4 is 17.2 Å². The van der Waals surface area contributed by atoms with Gasteiger partial charge in [0.1, 0.15) is 11.9 Å². The number of aliphatic hydroxyl groups excluding tert-OH is 1. The molecule has 4 nitrogen and oxygen atoms in total. The second kappa shape index (κ2) is 7.11. The van der Waals surface area contributed by atoms with Crippen molar-refractivity contribution in [3.63, 3.8) is 0 Å². The van der Waals surface area contributed by atoms with Crippen molar-refractivity contribution in [3.8, 4) is 0 Å². The minimum atomic E-state index is -0.781. The first kappa shape index (κ1) is 13.8. The molecule has 102 valence electrons. The zero-order chi connectivity index (χ0) is 13.5. The van der Waals surface area contributed by atoms with E-state index >= 15 is 0 Å². The molecule has 19 heavy (non-hydrogen) atoms. The number of rotatable bonds is 7. The fraction of sp³-hybridized carbons (Fsp3) is 0.357. The molecule has 0 aliphatic rings. The van der Waals surface area contributed by atoms with E-state index in [1.54, 1.807) is 23.5 Å².